The number of aryl methyl sites for hydroxylation is 1. The number of carbonyl (C=O) groups is 1. The highest BCUT2D eigenvalue weighted by Gasteiger charge is 2.35. The Balaban J connectivity index is 1.51. The van der Waals surface area contributed by atoms with Crippen molar-refractivity contribution in [3.8, 4) is 22.8 Å². The second-order valence-corrected chi connectivity index (χ2v) is 7.42. The molecule has 0 saturated heterocycles. The van der Waals surface area contributed by atoms with Gasteiger partial charge in [0.25, 0.3) is 5.89 Å². The van der Waals surface area contributed by atoms with E-state index in [1.807, 2.05) is 18.2 Å². The zero-order chi connectivity index (χ0) is 21.8. The average Bonchev–Trinajstić information content (AvgIpc) is 3.43. The number of benzene rings is 1. The number of hydrogen-bond acceptors (Lipinski definition) is 5. The normalized spacial score (nSPS) is 16.0. The minimum atomic E-state index is -4.58. The lowest BCUT2D eigenvalue weighted by Gasteiger charge is -2.08. The van der Waals surface area contributed by atoms with Gasteiger partial charge in [-0.15, -0.1) is 0 Å². The standard InChI is InChI=1S/C21H15F3N4O3/c22-21(23,24)15-3-5-25-10-14(15)20-26-19(27-31-20)12-1-2-16-13(7-12)8-17-11(9-18(29)30)4-6-28(16)17/h1-3,5,7-8,10-11H,4,6,9H2,(H,29,30)/t11-/m1/s1. The first-order valence-electron chi connectivity index (χ1n) is 9.52. The summed E-state index contributed by atoms with van der Waals surface area (Å²) in [5.41, 5.74) is 1.32. The number of halogens is 3. The minimum absolute atomic E-state index is 0.0449. The van der Waals surface area contributed by atoms with Crippen molar-refractivity contribution in [2.24, 2.45) is 0 Å². The van der Waals surface area contributed by atoms with Crippen molar-refractivity contribution in [2.75, 3.05) is 0 Å². The first-order chi connectivity index (χ1) is 14.8. The van der Waals surface area contributed by atoms with Crippen molar-refractivity contribution in [1.82, 2.24) is 19.7 Å². The number of carboxylic acids is 1. The molecule has 0 saturated carbocycles. The predicted octanol–water partition coefficient (Wildman–Crippen LogP) is 4.73. The van der Waals surface area contributed by atoms with Gasteiger partial charge >= 0.3 is 12.1 Å². The second kappa shape index (κ2) is 6.93. The van der Waals surface area contributed by atoms with Crippen molar-refractivity contribution >= 4 is 16.9 Å². The van der Waals surface area contributed by atoms with E-state index < -0.39 is 17.7 Å². The van der Waals surface area contributed by atoms with E-state index in [4.69, 9.17) is 9.63 Å². The summed E-state index contributed by atoms with van der Waals surface area (Å²) >= 11 is 0. The van der Waals surface area contributed by atoms with E-state index >= 15 is 0 Å². The molecule has 0 spiro atoms. The van der Waals surface area contributed by atoms with E-state index in [0.717, 1.165) is 48.0 Å². The number of aromatic nitrogens is 4. The smallest absolute Gasteiger partial charge is 0.417 e. The van der Waals surface area contributed by atoms with E-state index in [9.17, 15) is 18.0 Å². The van der Waals surface area contributed by atoms with E-state index in [1.165, 1.54) is 0 Å². The Morgan fingerprint density at radius 2 is 2.10 bits per heavy atom. The maximum Gasteiger partial charge on any atom is 0.417 e. The van der Waals surface area contributed by atoms with Gasteiger partial charge in [-0.2, -0.15) is 18.2 Å². The van der Waals surface area contributed by atoms with Gasteiger partial charge in [0.2, 0.25) is 5.82 Å². The summed E-state index contributed by atoms with van der Waals surface area (Å²) in [5, 5.41) is 13.8. The highest BCUT2D eigenvalue weighted by atomic mass is 19.4. The highest BCUT2D eigenvalue weighted by molar-refractivity contribution is 5.86. The van der Waals surface area contributed by atoms with Crippen LogP contribution in [-0.4, -0.2) is 30.8 Å². The van der Waals surface area contributed by atoms with Crippen LogP contribution in [0, 0.1) is 0 Å². The molecule has 4 aromatic rings. The molecule has 31 heavy (non-hydrogen) atoms. The lowest BCUT2D eigenvalue weighted by Crippen LogP contribution is -2.07. The fourth-order valence-corrected chi connectivity index (χ4v) is 4.13. The summed E-state index contributed by atoms with van der Waals surface area (Å²) in [6, 6.07) is 8.27. The van der Waals surface area contributed by atoms with Crippen LogP contribution in [0.2, 0.25) is 0 Å². The molecule has 1 atom stereocenters. The summed E-state index contributed by atoms with van der Waals surface area (Å²) in [6.45, 7) is 0.740. The molecule has 1 N–H and O–H groups in total. The molecule has 0 aliphatic carbocycles. The number of carboxylic acid groups (broad SMARTS) is 1. The fourth-order valence-electron chi connectivity index (χ4n) is 4.13. The molecule has 0 radical (unpaired) electrons. The topological polar surface area (TPSA) is 94.0 Å². The summed E-state index contributed by atoms with van der Waals surface area (Å²) in [6.07, 6.45) is -1.62. The van der Waals surface area contributed by atoms with Crippen LogP contribution in [0.3, 0.4) is 0 Å². The summed E-state index contributed by atoms with van der Waals surface area (Å²) < 4.78 is 47.0. The second-order valence-electron chi connectivity index (χ2n) is 7.42. The van der Waals surface area contributed by atoms with Gasteiger partial charge in [-0.1, -0.05) is 5.16 Å². The lowest BCUT2D eigenvalue weighted by atomic mass is 10.0. The summed E-state index contributed by atoms with van der Waals surface area (Å²) in [5.74, 6) is -0.993. The Labute approximate surface area is 173 Å². The van der Waals surface area contributed by atoms with Crippen LogP contribution in [0.4, 0.5) is 13.2 Å². The number of hydrogen-bond donors (Lipinski definition) is 1. The molecule has 10 heteroatoms. The molecule has 1 aliphatic rings. The largest absolute Gasteiger partial charge is 0.481 e. The van der Waals surface area contributed by atoms with Crippen LogP contribution in [0.15, 0.2) is 47.2 Å². The van der Waals surface area contributed by atoms with E-state index in [0.29, 0.717) is 5.56 Å². The van der Waals surface area contributed by atoms with Crippen LogP contribution in [-0.2, 0) is 17.5 Å². The maximum atomic E-state index is 13.3. The van der Waals surface area contributed by atoms with Gasteiger partial charge < -0.3 is 14.2 Å². The lowest BCUT2D eigenvalue weighted by molar-refractivity contribution is -0.138. The molecule has 1 aromatic carbocycles. The molecule has 1 aliphatic heterocycles. The third kappa shape index (κ3) is 3.33. The van der Waals surface area contributed by atoms with Crippen molar-refractivity contribution < 1.29 is 27.6 Å². The third-order valence-corrected chi connectivity index (χ3v) is 5.51. The van der Waals surface area contributed by atoms with Gasteiger partial charge in [-0.25, -0.2) is 0 Å². The zero-order valence-corrected chi connectivity index (χ0v) is 15.9. The average molecular weight is 428 g/mol. The van der Waals surface area contributed by atoms with Gasteiger partial charge in [0.1, 0.15) is 0 Å². The maximum absolute atomic E-state index is 13.3. The molecular weight excluding hydrogens is 413 g/mol. The van der Waals surface area contributed by atoms with E-state index in [2.05, 4.69) is 19.7 Å². The van der Waals surface area contributed by atoms with E-state index in [-0.39, 0.29) is 29.6 Å². The number of aliphatic carboxylic acids is 1. The van der Waals surface area contributed by atoms with Gasteiger partial charge in [0.15, 0.2) is 0 Å². The van der Waals surface area contributed by atoms with Crippen molar-refractivity contribution in [3.63, 3.8) is 0 Å². The Bertz CT molecular complexity index is 1310. The predicted molar refractivity (Wildman–Crippen MR) is 103 cm³/mol. The molecular formula is C21H15F3N4O3. The van der Waals surface area contributed by atoms with Crippen LogP contribution < -0.4 is 0 Å². The van der Waals surface area contributed by atoms with Crippen molar-refractivity contribution in [3.05, 3.63) is 54.0 Å². The van der Waals surface area contributed by atoms with Crippen molar-refractivity contribution in [2.45, 2.75) is 31.5 Å². The minimum Gasteiger partial charge on any atom is -0.481 e. The molecule has 7 nitrogen and oxygen atoms in total. The first kappa shape index (κ1) is 19.3. The highest BCUT2D eigenvalue weighted by Crippen LogP contribution is 2.38. The molecule has 3 aromatic heterocycles. The molecule has 0 amide bonds. The van der Waals surface area contributed by atoms with Gasteiger partial charge in [-0.05, 0) is 36.8 Å². The van der Waals surface area contributed by atoms with Gasteiger partial charge in [0.05, 0.1) is 17.5 Å². The van der Waals surface area contributed by atoms with Crippen LogP contribution in [0.1, 0.15) is 30.0 Å². The molecule has 0 fully saturated rings. The third-order valence-electron chi connectivity index (χ3n) is 5.51. The number of alkyl halides is 3. The molecule has 158 valence electrons. The van der Waals surface area contributed by atoms with E-state index in [1.54, 1.807) is 6.07 Å². The van der Waals surface area contributed by atoms with Crippen LogP contribution in [0.25, 0.3) is 33.7 Å². The zero-order valence-electron chi connectivity index (χ0n) is 15.9. The Morgan fingerprint density at radius 3 is 2.87 bits per heavy atom. The number of rotatable bonds is 4. The van der Waals surface area contributed by atoms with Crippen molar-refractivity contribution in [1.29, 1.82) is 0 Å². The monoisotopic (exact) mass is 428 g/mol. The number of nitrogens with zero attached hydrogens (tertiary/aromatic N) is 4. The molecule has 5 rings (SSSR count). The first-order valence-corrected chi connectivity index (χ1v) is 9.52. The molecule has 0 bridgehead atoms. The van der Waals surface area contributed by atoms with Crippen LogP contribution >= 0.6 is 0 Å². The van der Waals surface area contributed by atoms with Gasteiger partial charge in [0, 0.05) is 47.0 Å². The van der Waals surface area contributed by atoms with Gasteiger partial charge in [-0.3, -0.25) is 9.78 Å². The Morgan fingerprint density at radius 1 is 1.26 bits per heavy atom. The molecule has 4 heterocycles. The quantitative estimate of drug-likeness (QED) is 0.505. The summed E-state index contributed by atoms with van der Waals surface area (Å²) in [7, 11) is 0. The Hall–Kier alpha value is -3.69. The molecule has 0 unspecified atom stereocenters. The fraction of sp³-hybridized carbons (Fsp3) is 0.238. The summed E-state index contributed by atoms with van der Waals surface area (Å²) in [4.78, 5) is 19.0. The van der Waals surface area contributed by atoms with Crippen LogP contribution in [0.5, 0.6) is 0 Å². The number of pyridine rings is 1. The number of fused-ring (bicyclic) bond motifs is 3. The SMILES string of the molecule is O=C(O)C[C@H]1CCn2c1cc1cc(-c3noc(-c4cnccc4C(F)(F)F)n3)ccc12. The Kier molecular flexibility index (Phi) is 4.31.